The number of halogens is 2. The summed E-state index contributed by atoms with van der Waals surface area (Å²) in [4.78, 5) is 0.157. The molecule has 0 fully saturated rings. The zero-order valence-electron chi connectivity index (χ0n) is 17.1. The summed E-state index contributed by atoms with van der Waals surface area (Å²) in [5.41, 5.74) is 1.06. The van der Waals surface area contributed by atoms with Crippen LogP contribution in [0.5, 0.6) is 0 Å². The van der Waals surface area contributed by atoms with Gasteiger partial charge in [-0.05, 0) is 72.4 Å². The van der Waals surface area contributed by atoms with Crippen molar-refractivity contribution in [3.8, 4) is 0 Å². The van der Waals surface area contributed by atoms with E-state index >= 15 is 0 Å². The molecule has 29 heavy (non-hydrogen) atoms. The van der Waals surface area contributed by atoms with E-state index in [0.29, 0.717) is 16.5 Å². The molecular formula is C21H28BrFN2O3S. The normalized spacial score (nSPS) is 13.7. The molecule has 160 valence electrons. The number of benzene rings is 2. The van der Waals surface area contributed by atoms with Gasteiger partial charge in [0.15, 0.2) is 0 Å². The topological polar surface area (TPSA) is 69.6 Å². The lowest BCUT2D eigenvalue weighted by Gasteiger charge is -2.29. The van der Waals surface area contributed by atoms with E-state index < -0.39 is 21.7 Å². The number of sulfonamides is 1. The van der Waals surface area contributed by atoms with Crippen molar-refractivity contribution in [2.24, 2.45) is 0 Å². The number of rotatable bonds is 9. The Labute approximate surface area is 181 Å². The van der Waals surface area contributed by atoms with Crippen LogP contribution in [-0.4, -0.2) is 49.6 Å². The van der Waals surface area contributed by atoms with Gasteiger partial charge in [0.05, 0.1) is 11.0 Å². The molecule has 2 aromatic rings. The third kappa shape index (κ3) is 6.58. The Morgan fingerprint density at radius 1 is 1.24 bits per heavy atom. The predicted molar refractivity (Wildman–Crippen MR) is 117 cm³/mol. The molecule has 2 rings (SSSR count). The number of nitrogens with zero attached hydrogens (tertiary/aromatic N) is 1. The number of nitrogens with one attached hydrogen (secondary N) is 1. The van der Waals surface area contributed by atoms with Crippen LogP contribution in [0.15, 0.2) is 51.8 Å². The van der Waals surface area contributed by atoms with Crippen molar-refractivity contribution >= 4 is 26.0 Å². The molecule has 0 amide bonds. The van der Waals surface area contributed by atoms with Gasteiger partial charge in [-0.25, -0.2) is 12.8 Å². The third-order valence-corrected chi connectivity index (χ3v) is 7.53. The third-order valence-electron chi connectivity index (χ3n) is 4.69. The Morgan fingerprint density at radius 2 is 1.90 bits per heavy atom. The second-order valence-corrected chi connectivity index (χ2v) is 10.8. The summed E-state index contributed by atoms with van der Waals surface area (Å²) < 4.78 is 40.8. The van der Waals surface area contributed by atoms with Gasteiger partial charge in [-0.15, -0.1) is 0 Å². The molecule has 0 saturated carbocycles. The second-order valence-electron chi connectivity index (χ2n) is 7.89. The molecule has 1 atom stereocenters. The fourth-order valence-corrected chi connectivity index (χ4v) is 5.16. The van der Waals surface area contributed by atoms with Gasteiger partial charge in [-0.2, -0.15) is 4.31 Å². The van der Waals surface area contributed by atoms with Crippen molar-refractivity contribution < 1.29 is 17.9 Å². The maximum atomic E-state index is 13.8. The molecule has 0 saturated heterocycles. The lowest BCUT2D eigenvalue weighted by atomic mass is 9.94. The maximum absolute atomic E-state index is 13.8. The fraction of sp³-hybridized carbons (Fsp3) is 0.429. The lowest BCUT2D eigenvalue weighted by molar-refractivity contribution is 0.139. The van der Waals surface area contributed by atoms with Crippen LogP contribution >= 0.6 is 15.9 Å². The molecule has 0 radical (unpaired) electrons. The zero-order chi connectivity index (χ0) is 21.8. The van der Waals surface area contributed by atoms with E-state index in [9.17, 15) is 17.9 Å². The Hall–Kier alpha value is -1.32. The van der Waals surface area contributed by atoms with E-state index in [0.717, 1.165) is 9.87 Å². The zero-order valence-corrected chi connectivity index (χ0v) is 19.5. The second kappa shape index (κ2) is 9.66. The van der Waals surface area contributed by atoms with Crippen LogP contribution < -0.4 is 5.32 Å². The summed E-state index contributed by atoms with van der Waals surface area (Å²) in [6, 6.07) is 11.7. The molecule has 0 aliphatic carbocycles. The van der Waals surface area contributed by atoms with Crippen molar-refractivity contribution in [2.45, 2.75) is 43.7 Å². The van der Waals surface area contributed by atoms with Crippen LogP contribution in [0.3, 0.4) is 0 Å². The minimum Gasteiger partial charge on any atom is -0.390 e. The van der Waals surface area contributed by atoms with Crippen molar-refractivity contribution in [3.63, 3.8) is 0 Å². The molecule has 0 aromatic heterocycles. The first-order chi connectivity index (χ1) is 13.4. The first-order valence-electron chi connectivity index (χ1n) is 9.31. The van der Waals surface area contributed by atoms with Gasteiger partial charge in [0.25, 0.3) is 0 Å². The molecule has 2 aromatic carbocycles. The van der Waals surface area contributed by atoms with Crippen molar-refractivity contribution in [1.29, 1.82) is 0 Å². The number of aliphatic hydroxyl groups is 1. The summed E-state index contributed by atoms with van der Waals surface area (Å²) in [6.07, 6.45) is -0.326. The number of aryl methyl sites for hydroxylation is 1. The molecule has 2 N–H and O–H groups in total. The van der Waals surface area contributed by atoms with Gasteiger partial charge in [0, 0.05) is 30.1 Å². The Kier molecular flexibility index (Phi) is 7.98. The van der Waals surface area contributed by atoms with Crippen LogP contribution in [0.25, 0.3) is 0 Å². The molecular weight excluding hydrogens is 459 g/mol. The monoisotopic (exact) mass is 486 g/mol. The Balaban J connectivity index is 1.95. The standard InChI is InChI=1S/C21H28BrFN2O3S/c1-15-9-10-16(11-19(15)23)12-21(2,3)24-13-17(26)14-25(4)29(27,28)20-8-6-5-7-18(20)22/h5-11,17,24,26H,12-14H2,1-4H3. The summed E-state index contributed by atoms with van der Waals surface area (Å²) >= 11 is 3.26. The minimum atomic E-state index is -3.72. The fourth-order valence-electron chi connectivity index (χ4n) is 2.99. The van der Waals surface area contributed by atoms with Gasteiger partial charge in [-0.1, -0.05) is 24.3 Å². The average molecular weight is 487 g/mol. The number of β-amino-alcohol motifs (C(OH)–C–C–N with tert-alkyl or cyclic N) is 1. The lowest BCUT2D eigenvalue weighted by Crippen LogP contribution is -2.47. The largest absolute Gasteiger partial charge is 0.390 e. The highest BCUT2D eigenvalue weighted by Crippen LogP contribution is 2.24. The summed E-state index contributed by atoms with van der Waals surface area (Å²) in [6.45, 7) is 5.79. The van der Waals surface area contributed by atoms with E-state index in [1.807, 2.05) is 19.9 Å². The van der Waals surface area contributed by atoms with Crippen LogP contribution in [-0.2, 0) is 16.4 Å². The van der Waals surface area contributed by atoms with Gasteiger partial charge < -0.3 is 10.4 Å². The Morgan fingerprint density at radius 3 is 2.52 bits per heavy atom. The smallest absolute Gasteiger partial charge is 0.244 e. The summed E-state index contributed by atoms with van der Waals surface area (Å²) in [5, 5.41) is 13.6. The average Bonchev–Trinajstić information content (AvgIpc) is 2.63. The minimum absolute atomic E-state index is 0.0497. The van der Waals surface area contributed by atoms with Crippen LogP contribution in [0, 0.1) is 12.7 Å². The maximum Gasteiger partial charge on any atom is 0.244 e. The molecule has 0 aliphatic rings. The predicted octanol–water partition coefficient (Wildman–Crippen LogP) is 3.49. The van der Waals surface area contributed by atoms with E-state index in [4.69, 9.17) is 0 Å². The summed E-state index contributed by atoms with van der Waals surface area (Å²) in [7, 11) is -2.28. The van der Waals surface area contributed by atoms with Crippen molar-refractivity contribution in [1.82, 2.24) is 9.62 Å². The molecule has 0 heterocycles. The van der Waals surface area contributed by atoms with E-state index in [2.05, 4.69) is 21.2 Å². The van der Waals surface area contributed by atoms with Gasteiger partial charge in [0.2, 0.25) is 10.0 Å². The van der Waals surface area contributed by atoms with Crippen LogP contribution in [0.1, 0.15) is 25.0 Å². The highest BCUT2D eigenvalue weighted by molar-refractivity contribution is 9.10. The summed E-state index contributed by atoms with van der Waals surface area (Å²) in [5.74, 6) is -0.239. The van der Waals surface area contributed by atoms with Gasteiger partial charge in [-0.3, -0.25) is 0 Å². The number of hydrogen-bond donors (Lipinski definition) is 2. The van der Waals surface area contributed by atoms with Crippen molar-refractivity contribution in [3.05, 3.63) is 63.9 Å². The van der Waals surface area contributed by atoms with Crippen LogP contribution in [0.2, 0.25) is 0 Å². The van der Waals surface area contributed by atoms with E-state index in [1.54, 1.807) is 31.2 Å². The molecule has 0 aliphatic heterocycles. The number of aliphatic hydroxyl groups excluding tert-OH is 1. The van der Waals surface area contributed by atoms with Gasteiger partial charge >= 0.3 is 0 Å². The van der Waals surface area contributed by atoms with E-state index in [1.165, 1.54) is 19.2 Å². The highest BCUT2D eigenvalue weighted by atomic mass is 79.9. The molecule has 5 nitrogen and oxygen atoms in total. The van der Waals surface area contributed by atoms with Crippen LogP contribution in [0.4, 0.5) is 4.39 Å². The quantitative estimate of drug-likeness (QED) is 0.569. The van der Waals surface area contributed by atoms with Gasteiger partial charge in [0.1, 0.15) is 5.82 Å². The Bertz CT molecular complexity index is 951. The van der Waals surface area contributed by atoms with Crippen molar-refractivity contribution in [2.75, 3.05) is 20.1 Å². The van der Waals surface area contributed by atoms with E-state index in [-0.39, 0.29) is 23.8 Å². The molecule has 0 spiro atoms. The molecule has 8 heteroatoms. The first kappa shape index (κ1) is 24.0. The first-order valence-corrected chi connectivity index (χ1v) is 11.5. The number of likely N-dealkylation sites (N-methyl/N-ethyl adjacent to an activating group) is 1. The molecule has 1 unspecified atom stereocenters. The number of hydrogen-bond acceptors (Lipinski definition) is 4. The molecule has 0 bridgehead atoms. The highest BCUT2D eigenvalue weighted by Gasteiger charge is 2.26. The SMILES string of the molecule is Cc1ccc(CC(C)(C)NCC(O)CN(C)S(=O)(=O)c2ccccc2Br)cc1F.